The van der Waals surface area contributed by atoms with Crippen molar-refractivity contribution < 1.29 is 14.7 Å². The maximum absolute atomic E-state index is 11.9. The van der Waals surface area contributed by atoms with Crippen LogP contribution in [0.25, 0.3) is 0 Å². The van der Waals surface area contributed by atoms with Crippen molar-refractivity contribution in [3.05, 3.63) is 0 Å². The third kappa shape index (κ3) is 2.37. The van der Waals surface area contributed by atoms with Crippen molar-refractivity contribution >= 4 is 12.0 Å². The summed E-state index contributed by atoms with van der Waals surface area (Å²) in [7, 11) is 0. The van der Waals surface area contributed by atoms with Gasteiger partial charge < -0.3 is 15.3 Å². The lowest BCUT2D eigenvalue weighted by atomic mass is 9.80. The van der Waals surface area contributed by atoms with E-state index in [0.29, 0.717) is 12.5 Å². The highest BCUT2D eigenvalue weighted by molar-refractivity contribution is 5.79. The number of hydrogen-bond acceptors (Lipinski definition) is 2. The van der Waals surface area contributed by atoms with Crippen molar-refractivity contribution in [2.45, 2.75) is 51.1 Å². The molecular weight excluding hydrogens is 220 g/mol. The van der Waals surface area contributed by atoms with Crippen LogP contribution in [0.3, 0.4) is 0 Å². The van der Waals surface area contributed by atoms with Crippen LogP contribution in [0.1, 0.15) is 39.5 Å². The molecule has 1 saturated heterocycles. The summed E-state index contributed by atoms with van der Waals surface area (Å²) in [5, 5.41) is 11.8. The Bertz CT molecular complexity index is 337. The minimum absolute atomic E-state index is 0.0161. The number of carboxylic acids is 1. The molecular formula is C12H20N2O3. The molecule has 1 unspecified atom stereocenters. The minimum atomic E-state index is -0.866. The Balaban J connectivity index is 2.01. The van der Waals surface area contributed by atoms with E-state index < -0.39 is 11.5 Å². The highest BCUT2D eigenvalue weighted by Gasteiger charge is 2.43. The first-order valence-electron chi connectivity index (χ1n) is 6.20. The monoisotopic (exact) mass is 240 g/mol. The summed E-state index contributed by atoms with van der Waals surface area (Å²) in [4.78, 5) is 24.4. The molecule has 2 N–H and O–H groups in total. The van der Waals surface area contributed by atoms with E-state index >= 15 is 0 Å². The second-order valence-electron chi connectivity index (χ2n) is 5.74. The van der Waals surface area contributed by atoms with E-state index in [0.717, 1.165) is 0 Å². The molecule has 1 atom stereocenters. The predicted molar refractivity (Wildman–Crippen MR) is 62.7 cm³/mol. The van der Waals surface area contributed by atoms with Gasteiger partial charge in [-0.15, -0.1) is 0 Å². The molecule has 2 fully saturated rings. The van der Waals surface area contributed by atoms with Crippen molar-refractivity contribution in [3.63, 3.8) is 0 Å². The summed E-state index contributed by atoms with van der Waals surface area (Å²) in [5.41, 5.74) is -0.617. The number of nitrogens with one attached hydrogen (secondary N) is 1. The number of amides is 2. The lowest BCUT2D eigenvalue weighted by molar-refractivity contribution is -0.139. The molecule has 5 nitrogen and oxygen atoms in total. The van der Waals surface area contributed by atoms with E-state index in [1.807, 2.05) is 13.8 Å². The third-order valence-corrected chi connectivity index (χ3v) is 3.97. The van der Waals surface area contributed by atoms with Gasteiger partial charge in [-0.25, -0.2) is 4.79 Å². The highest BCUT2D eigenvalue weighted by atomic mass is 16.4. The summed E-state index contributed by atoms with van der Waals surface area (Å²) in [6.07, 6.45) is 3.59. The fourth-order valence-corrected chi connectivity index (χ4v) is 2.66. The molecule has 0 radical (unpaired) electrons. The topological polar surface area (TPSA) is 69.6 Å². The van der Waals surface area contributed by atoms with Crippen LogP contribution in [0.4, 0.5) is 4.79 Å². The number of carboxylic acid groups (broad SMARTS) is 1. The van der Waals surface area contributed by atoms with Crippen LogP contribution in [0.2, 0.25) is 0 Å². The van der Waals surface area contributed by atoms with Gasteiger partial charge in [-0.05, 0) is 32.6 Å². The van der Waals surface area contributed by atoms with Gasteiger partial charge in [-0.1, -0.05) is 6.42 Å². The minimum Gasteiger partial charge on any atom is -0.481 e. The number of hydrogen-bond donors (Lipinski definition) is 2. The normalized spacial score (nSPS) is 25.6. The lowest BCUT2D eigenvalue weighted by Gasteiger charge is -2.35. The molecule has 17 heavy (non-hydrogen) atoms. The zero-order chi connectivity index (χ0) is 12.6. The van der Waals surface area contributed by atoms with Crippen LogP contribution in [0.15, 0.2) is 0 Å². The van der Waals surface area contributed by atoms with Crippen LogP contribution in [0, 0.1) is 5.92 Å². The van der Waals surface area contributed by atoms with Gasteiger partial charge in [-0.3, -0.25) is 4.79 Å². The molecule has 2 aliphatic rings. The van der Waals surface area contributed by atoms with Gasteiger partial charge in [0, 0.05) is 12.1 Å². The maximum Gasteiger partial charge on any atom is 0.318 e. The predicted octanol–water partition coefficient (Wildman–Crippen LogP) is 1.43. The quantitative estimate of drug-likeness (QED) is 0.781. The molecule has 1 heterocycles. The molecule has 1 saturated carbocycles. The number of carbonyl (C=O) groups is 2. The van der Waals surface area contributed by atoms with Crippen molar-refractivity contribution in [3.8, 4) is 0 Å². The molecule has 0 aromatic rings. The summed E-state index contributed by atoms with van der Waals surface area (Å²) < 4.78 is 0. The number of carbonyl (C=O) groups excluding carboxylic acids is 1. The van der Waals surface area contributed by atoms with E-state index in [4.69, 9.17) is 5.11 Å². The van der Waals surface area contributed by atoms with E-state index in [1.54, 1.807) is 4.90 Å². The Morgan fingerprint density at radius 2 is 2.18 bits per heavy atom. The average molecular weight is 240 g/mol. The van der Waals surface area contributed by atoms with Gasteiger partial charge in [0.2, 0.25) is 0 Å². The molecule has 2 amide bonds. The molecule has 96 valence electrons. The first-order chi connectivity index (χ1) is 7.90. The van der Waals surface area contributed by atoms with Crippen LogP contribution in [-0.4, -0.2) is 40.1 Å². The number of aliphatic carboxylic acids is 1. The standard InChI is InChI=1S/C12H20N2O3/c1-12(2,6-10(15)16)14-7-9(13-11(14)17)8-4-3-5-8/h8-9H,3-7H2,1-2H3,(H,13,17)(H,15,16). The van der Waals surface area contributed by atoms with E-state index in [1.165, 1.54) is 19.3 Å². The molecule has 2 rings (SSSR count). The second-order valence-corrected chi connectivity index (χ2v) is 5.74. The van der Waals surface area contributed by atoms with Crippen LogP contribution in [0.5, 0.6) is 0 Å². The van der Waals surface area contributed by atoms with Gasteiger partial charge in [0.1, 0.15) is 0 Å². The molecule has 0 spiro atoms. The van der Waals surface area contributed by atoms with Crippen LogP contribution in [-0.2, 0) is 4.79 Å². The van der Waals surface area contributed by atoms with E-state index in [2.05, 4.69) is 5.32 Å². The fourth-order valence-electron chi connectivity index (χ4n) is 2.66. The van der Waals surface area contributed by atoms with Gasteiger partial charge in [0.05, 0.1) is 12.5 Å². The zero-order valence-corrected chi connectivity index (χ0v) is 10.4. The van der Waals surface area contributed by atoms with Gasteiger partial charge in [0.15, 0.2) is 0 Å². The number of rotatable bonds is 4. The van der Waals surface area contributed by atoms with Crippen LogP contribution < -0.4 is 5.32 Å². The first-order valence-corrected chi connectivity index (χ1v) is 6.20. The highest BCUT2D eigenvalue weighted by Crippen LogP contribution is 2.33. The summed E-state index contributed by atoms with van der Waals surface area (Å²) in [5.74, 6) is -0.278. The van der Waals surface area contributed by atoms with Crippen molar-refractivity contribution in [1.29, 1.82) is 0 Å². The van der Waals surface area contributed by atoms with Gasteiger partial charge in [-0.2, -0.15) is 0 Å². The summed E-state index contributed by atoms with van der Waals surface area (Å²) >= 11 is 0. The zero-order valence-electron chi connectivity index (χ0n) is 10.4. The smallest absolute Gasteiger partial charge is 0.318 e. The summed E-state index contributed by atoms with van der Waals surface area (Å²) in [6.45, 7) is 4.26. The summed E-state index contributed by atoms with van der Waals surface area (Å²) in [6, 6.07) is 0.0949. The van der Waals surface area contributed by atoms with Crippen LogP contribution >= 0.6 is 0 Å². The molecule has 1 aliphatic carbocycles. The first kappa shape index (κ1) is 12.2. The van der Waals surface area contributed by atoms with Crippen molar-refractivity contribution in [1.82, 2.24) is 10.2 Å². The van der Waals surface area contributed by atoms with E-state index in [-0.39, 0.29) is 18.5 Å². The number of nitrogens with zero attached hydrogens (tertiary/aromatic N) is 1. The second kappa shape index (κ2) is 4.20. The maximum atomic E-state index is 11.9. The Hall–Kier alpha value is -1.26. The van der Waals surface area contributed by atoms with Crippen molar-refractivity contribution in [2.75, 3.05) is 6.54 Å². The molecule has 1 aliphatic heterocycles. The van der Waals surface area contributed by atoms with Gasteiger partial charge in [0.25, 0.3) is 0 Å². The Morgan fingerprint density at radius 3 is 2.65 bits per heavy atom. The average Bonchev–Trinajstić information content (AvgIpc) is 2.42. The molecule has 0 aromatic carbocycles. The molecule has 0 bridgehead atoms. The Morgan fingerprint density at radius 1 is 1.53 bits per heavy atom. The Labute approximate surface area is 101 Å². The third-order valence-electron chi connectivity index (χ3n) is 3.97. The fraction of sp³-hybridized carbons (Fsp3) is 0.833. The Kier molecular flexibility index (Phi) is 3.02. The van der Waals surface area contributed by atoms with Crippen molar-refractivity contribution in [2.24, 2.45) is 5.92 Å². The molecule has 5 heteroatoms. The van der Waals surface area contributed by atoms with E-state index in [9.17, 15) is 9.59 Å². The number of urea groups is 1. The SMILES string of the molecule is CC(C)(CC(=O)O)N1CC(C2CCC2)NC1=O. The lowest BCUT2D eigenvalue weighted by Crippen LogP contribution is -2.47. The van der Waals surface area contributed by atoms with Gasteiger partial charge >= 0.3 is 12.0 Å². The largest absolute Gasteiger partial charge is 0.481 e. The molecule has 0 aromatic heterocycles.